The fourth-order valence-electron chi connectivity index (χ4n) is 3.71. The summed E-state index contributed by atoms with van der Waals surface area (Å²) in [5.74, 6) is -2.60. The molecule has 3 atom stereocenters. The van der Waals surface area contributed by atoms with Crippen LogP contribution in [0.5, 0.6) is 0 Å². The van der Waals surface area contributed by atoms with Gasteiger partial charge in [-0.25, -0.2) is 0 Å². The van der Waals surface area contributed by atoms with E-state index in [2.05, 4.69) is 26.7 Å². The Labute approximate surface area is 227 Å². The van der Waals surface area contributed by atoms with Crippen LogP contribution in [0.2, 0.25) is 0 Å². The van der Waals surface area contributed by atoms with E-state index in [4.69, 9.17) is 27.7 Å². The molecule has 3 amide bonds. The molecule has 0 saturated heterocycles. The molecule has 0 saturated carbocycles. The van der Waals surface area contributed by atoms with Crippen molar-refractivity contribution >= 4 is 40.6 Å². The van der Waals surface area contributed by atoms with E-state index < -0.39 is 41.8 Å². The first kappa shape index (κ1) is 32.9. The third-order valence-electron chi connectivity index (χ3n) is 5.61. The molecular formula is C25H41N9O5. The maximum Gasteiger partial charge on any atom is 0.317 e. The number of hydrogen-bond donors (Lipinski definition) is 10. The van der Waals surface area contributed by atoms with Crippen LogP contribution in [0.15, 0.2) is 30.5 Å². The van der Waals surface area contributed by atoms with Gasteiger partial charge in [0.05, 0.1) is 12.6 Å². The predicted molar refractivity (Wildman–Crippen MR) is 148 cm³/mol. The standard InChI is InChI=1S/C23H36N8O3.C2H5NO2/c1-13(2)10-16(24)21(33)30-18(8-5-9-28-23(26)27)22(34)31-19(20(25)32)11-14-12-29-17-7-4-3-6-15(14)17;3-1-2(4)5/h3-4,6-7,12-13,16,18-19,29H,5,8-11,24H2,1-2H3,(H2,25,32)(H,30,33)(H,31,34)(H4,26,27,28);1,3H2,(H,4,5). The van der Waals surface area contributed by atoms with Crippen LogP contribution in [-0.2, 0) is 25.6 Å². The number of primary amides is 1. The molecule has 0 aliphatic rings. The van der Waals surface area contributed by atoms with Crippen molar-refractivity contribution in [3.8, 4) is 0 Å². The maximum atomic E-state index is 13.1. The van der Waals surface area contributed by atoms with Gasteiger partial charge in [-0.1, -0.05) is 32.0 Å². The van der Waals surface area contributed by atoms with Crippen LogP contribution in [0, 0.1) is 11.3 Å². The number of carbonyl (C=O) groups excluding carboxylic acids is 3. The van der Waals surface area contributed by atoms with Crippen LogP contribution in [0.25, 0.3) is 10.9 Å². The number of benzene rings is 1. The number of guanidine groups is 1. The van der Waals surface area contributed by atoms with E-state index in [1.165, 1.54) is 0 Å². The summed E-state index contributed by atoms with van der Waals surface area (Å²) < 4.78 is 0. The first-order valence-electron chi connectivity index (χ1n) is 12.6. The minimum Gasteiger partial charge on any atom is -0.480 e. The fourth-order valence-corrected chi connectivity index (χ4v) is 3.71. The van der Waals surface area contributed by atoms with E-state index in [0.29, 0.717) is 19.4 Å². The maximum absolute atomic E-state index is 13.1. The third-order valence-corrected chi connectivity index (χ3v) is 5.61. The number of para-hydroxylation sites is 1. The molecule has 0 radical (unpaired) electrons. The smallest absolute Gasteiger partial charge is 0.317 e. The van der Waals surface area contributed by atoms with Crippen molar-refractivity contribution in [1.82, 2.24) is 20.9 Å². The van der Waals surface area contributed by atoms with Gasteiger partial charge in [0, 0.05) is 30.1 Å². The number of fused-ring (bicyclic) bond motifs is 1. The molecule has 14 heteroatoms. The number of H-pyrrole nitrogens is 1. The molecule has 216 valence electrons. The molecule has 0 fully saturated rings. The number of aromatic amines is 1. The third kappa shape index (κ3) is 12.3. The summed E-state index contributed by atoms with van der Waals surface area (Å²) in [7, 11) is 0. The Morgan fingerprint density at radius 2 is 1.67 bits per heavy atom. The zero-order chi connectivity index (χ0) is 29.5. The van der Waals surface area contributed by atoms with Gasteiger partial charge in [0.25, 0.3) is 0 Å². The van der Waals surface area contributed by atoms with Crippen molar-refractivity contribution < 1.29 is 24.3 Å². The highest BCUT2D eigenvalue weighted by atomic mass is 16.4. The highest BCUT2D eigenvalue weighted by Crippen LogP contribution is 2.19. The number of aromatic nitrogens is 1. The number of hydrogen-bond acceptors (Lipinski definition) is 7. The SMILES string of the molecule is CC(C)CC(N)C(=O)NC(CCCNC(=N)N)C(=O)NC(Cc1c[nH]c2ccccc12)C(N)=O.NCC(=O)O. The molecule has 39 heavy (non-hydrogen) atoms. The summed E-state index contributed by atoms with van der Waals surface area (Å²) in [5.41, 5.74) is 23.2. The monoisotopic (exact) mass is 547 g/mol. The highest BCUT2D eigenvalue weighted by molar-refractivity contribution is 5.93. The van der Waals surface area contributed by atoms with Crippen molar-refractivity contribution in [2.45, 2.75) is 57.7 Å². The molecular weight excluding hydrogens is 506 g/mol. The van der Waals surface area contributed by atoms with Gasteiger partial charge in [-0.2, -0.15) is 0 Å². The second kappa shape index (κ2) is 16.6. The minimum absolute atomic E-state index is 0.184. The first-order valence-corrected chi connectivity index (χ1v) is 12.6. The Hall–Kier alpha value is -4.17. The van der Waals surface area contributed by atoms with Gasteiger partial charge in [-0.15, -0.1) is 0 Å². The van der Waals surface area contributed by atoms with E-state index in [1.54, 1.807) is 6.20 Å². The normalized spacial score (nSPS) is 12.9. The quantitative estimate of drug-likeness (QED) is 0.0774. The van der Waals surface area contributed by atoms with Gasteiger partial charge >= 0.3 is 5.97 Å². The van der Waals surface area contributed by atoms with Crippen molar-refractivity contribution in [3.05, 3.63) is 36.0 Å². The Morgan fingerprint density at radius 3 is 2.23 bits per heavy atom. The first-order chi connectivity index (χ1) is 18.3. The zero-order valence-electron chi connectivity index (χ0n) is 22.3. The minimum atomic E-state index is -0.968. The number of nitrogens with two attached hydrogens (primary N) is 4. The molecule has 2 rings (SSSR count). The Balaban J connectivity index is 0.00000139. The topological polar surface area (TPSA) is 268 Å². The average molecular weight is 548 g/mol. The molecule has 2 aromatic rings. The van der Waals surface area contributed by atoms with Crippen LogP contribution in [-0.4, -0.2) is 71.0 Å². The van der Waals surface area contributed by atoms with E-state index in [1.807, 2.05) is 38.1 Å². The largest absolute Gasteiger partial charge is 0.480 e. The molecule has 1 aromatic carbocycles. The predicted octanol–water partition coefficient (Wildman–Crippen LogP) is -1.17. The summed E-state index contributed by atoms with van der Waals surface area (Å²) in [6.07, 6.45) is 3.15. The Bertz CT molecular complexity index is 1120. The van der Waals surface area contributed by atoms with Crippen molar-refractivity contribution in [1.29, 1.82) is 5.41 Å². The van der Waals surface area contributed by atoms with Gasteiger partial charge in [0.15, 0.2) is 5.96 Å². The molecule has 1 heterocycles. The second-order valence-corrected chi connectivity index (χ2v) is 9.40. The molecule has 0 bridgehead atoms. The molecule has 14 nitrogen and oxygen atoms in total. The Kier molecular flexibility index (Phi) is 14.0. The molecule has 0 aliphatic carbocycles. The molecule has 0 spiro atoms. The average Bonchev–Trinajstić information content (AvgIpc) is 3.27. The second-order valence-electron chi connectivity index (χ2n) is 9.40. The van der Waals surface area contributed by atoms with Crippen molar-refractivity contribution in [3.63, 3.8) is 0 Å². The fraction of sp³-hybridized carbons (Fsp3) is 0.480. The van der Waals surface area contributed by atoms with E-state index in [-0.39, 0.29) is 31.3 Å². The number of carbonyl (C=O) groups is 4. The summed E-state index contributed by atoms with van der Waals surface area (Å²) in [4.78, 5) is 50.2. The summed E-state index contributed by atoms with van der Waals surface area (Å²) in [6, 6.07) is 4.96. The number of amides is 3. The summed E-state index contributed by atoms with van der Waals surface area (Å²) in [6.45, 7) is 3.97. The lowest BCUT2D eigenvalue weighted by Crippen LogP contribution is -2.56. The summed E-state index contributed by atoms with van der Waals surface area (Å²) in [5, 5.41) is 23.8. The molecule has 1 aromatic heterocycles. The van der Waals surface area contributed by atoms with Gasteiger partial charge in [-0.05, 0) is 36.8 Å². The van der Waals surface area contributed by atoms with Crippen molar-refractivity contribution in [2.24, 2.45) is 28.9 Å². The lowest BCUT2D eigenvalue weighted by molar-refractivity contribution is -0.135. The summed E-state index contributed by atoms with van der Waals surface area (Å²) >= 11 is 0. The number of nitrogens with one attached hydrogen (secondary N) is 5. The number of rotatable bonds is 14. The number of carboxylic acid groups (broad SMARTS) is 1. The van der Waals surface area contributed by atoms with Crippen LogP contribution >= 0.6 is 0 Å². The van der Waals surface area contributed by atoms with Gasteiger partial charge in [0.1, 0.15) is 12.1 Å². The Morgan fingerprint density at radius 1 is 1.05 bits per heavy atom. The van der Waals surface area contributed by atoms with Crippen LogP contribution in [0.3, 0.4) is 0 Å². The molecule has 0 aliphatic heterocycles. The highest BCUT2D eigenvalue weighted by Gasteiger charge is 2.28. The van der Waals surface area contributed by atoms with Crippen molar-refractivity contribution in [2.75, 3.05) is 13.1 Å². The van der Waals surface area contributed by atoms with Crippen LogP contribution in [0.1, 0.15) is 38.7 Å². The zero-order valence-corrected chi connectivity index (χ0v) is 22.3. The van der Waals surface area contributed by atoms with Crippen LogP contribution in [0.4, 0.5) is 0 Å². The number of carboxylic acids is 1. The number of aliphatic carboxylic acids is 1. The molecule has 3 unspecified atom stereocenters. The lowest BCUT2D eigenvalue weighted by Gasteiger charge is -2.24. The molecule has 14 N–H and O–H groups in total. The van der Waals surface area contributed by atoms with E-state index in [0.717, 1.165) is 16.5 Å². The van der Waals surface area contributed by atoms with Crippen LogP contribution < -0.4 is 38.9 Å². The van der Waals surface area contributed by atoms with Gasteiger partial charge in [-0.3, -0.25) is 24.6 Å². The van der Waals surface area contributed by atoms with Gasteiger partial charge < -0.3 is 49.0 Å². The van der Waals surface area contributed by atoms with E-state index in [9.17, 15) is 19.2 Å². The van der Waals surface area contributed by atoms with Gasteiger partial charge in [0.2, 0.25) is 17.7 Å². The van der Waals surface area contributed by atoms with E-state index >= 15 is 0 Å². The lowest BCUT2D eigenvalue weighted by atomic mass is 10.0.